The van der Waals surface area contributed by atoms with Crippen molar-refractivity contribution in [2.45, 2.75) is 37.2 Å². The third kappa shape index (κ3) is 3.98. The Morgan fingerprint density at radius 2 is 2.05 bits per heavy atom. The number of benzene rings is 1. The second-order valence-electron chi connectivity index (χ2n) is 4.84. The molecule has 1 amide bonds. The molecule has 1 aromatic carbocycles. The number of amides is 1. The molecular formula is C14H17ClN4OS. The van der Waals surface area contributed by atoms with Crippen molar-refractivity contribution in [1.29, 1.82) is 0 Å². The molecule has 0 radical (unpaired) electrons. The molecule has 0 unspecified atom stereocenters. The van der Waals surface area contributed by atoms with Crippen LogP contribution in [0.15, 0.2) is 35.7 Å². The molecule has 0 saturated heterocycles. The molecule has 5 nitrogen and oxygen atoms in total. The van der Waals surface area contributed by atoms with Crippen molar-refractivity contribution >= 4 is 35.0 Å². The van der Waals surface area contributed by atoms with E-state index in [4.69, 9.17) is 11.6 Å². The average Bonchev–Trinajstić information content (AvgIpc) is 2.89. The quantitative estimate of drug-likeness (QED) is 0.853. The summed E-state index contributed by atoms with van der Waals surface area (Å²) < 4.78 is 1.93. The molecule has 1 heterocycles. The maximum Gasteiger partial charge on any atom is 0.237 e. The molecule has 7 heteroatoms. The number of carbonyl (C=O) groups is 1. The molecule has 112 valence electrons. The molecule has 1 aromatic heterocycles. The second-order valence-corrected chi connectivity index (χ2v) is 6.56. The number of halogens is 1. The molecule has 1 N–H and O–H groups in total. The zero-order valence-electron chi connectivity index (χ0n) is 12.1. The van der Waals surface area contributed by atoms with Gasteiger partial charge in [0.2, 0.25) is 5.91 Å². The van der Waals surface area contributed by atoms with Crippen molar-refractivity contribution < 1.29 is 4.79 Å². The van der Waals surface area contributed by atoms with Crippen LogP contribution in [0.1, 0.15) is 26.8 Å². The van der Waals surface area contributed by atoms with E-state index >= 15 is 0 Å². The van der Waals surface area contributed by atoms with Gasteiger partial charge in [0.25, 0.3) is 0 Å². The first-order chi connectivity index (χ1) is 9.99. The number of aromatic nitrogens is 3. The monoisotopic (exact) mass is 324 g/mol. The maximum atomic E-state index is 12.2. The molecule has 2 aromatic rings. The fourth-order valence-electron chi connectivity index (χ4n) is 1.68. The molecule has 0 spiro atoms. The first-order valence-electron chi connectivity index (χ1n) is 6.60. The Hall–Kier alpha value is -1.53. The van der Waals surface area contributed by atoms with E-state index in [-0.39, 0.29) is 17.2 Å². The lowest BCUT2D eigenvalue weighted by atomic mass is 10.3. The molecule has 0 aliphatic heterocycles. The van der Waals surface area contributed by atoms with Crippen molar-refractivity contribution in [2.75, 3.05) is 5.32 Å². The predicted octanol–water partition coefficient (Wildman–Crippen LogP) is 3.63. The normalized spacial score (nSPS) is 12.4. The Labute approximate surface area is 133 Å². The van der Waals surface area contributed by atoms with Gasteiger partial charge in [-0.15, -0.1) is 10.2 Å². The third-order valence-electron chi connectivity index (χ3n) is 2.88. The molecule has 1 atom stereocenters. The Bertz CT molecular complexity index is 629. The zero-order chi connectivity index (χ0) is 15.4. The van der Waals surface area contributed by atoms with Gasteiger partial charge in [0.05, 0.1) is 16.0 Å². The number of nitrogens with one attached hydrogen (secondary N) is 1. The topological polar surface area (TPSA) is 59.8 Å². The van der Waals surface area contributed by atoms with E-state index in [1.807, 2.05) is 37.5 Å². The Morgan fingerprint density at radius 1 is 1.33 bits per heavy atom. The highest BCUT2D eigenvalue weighted by atomic mass is 35.5. The fourth-order valence-corrected chi connectivity index (χ4v) is 2.82. The van der Waals surface area contributed by atoms with E-state index in [9.17, 15) is 4.79 Å². The van der Waals surface area contributed by atoms with Crippen LogP contribution in [-0.2, 0) is 4.79 Å². The average molecular weight is 325 g/mol. The number of para-hydroxylation sites is 1. The van der Waals surface area contributed by atoms with Crippen molar-refractivity contribution in [3.8, 4) is 0 Å². The Morgan fingerprint density at radius 3 is 2.71 bits per heavy atom. The van der Waals surface area contributed by atoms with E-state index in [1.54, 1.807) is 18.5 Å². The number of hydrogen-bond donors (Lipinski definition) is 1. The minimum absolute atomic E-state index is 0.119. The van der Waals surface area contributed by atoms with Crippen LogP contribution in [-0.4, -0.2) is 25.9 Å². The molecular weight excluding hydrogens is 308 g/mol. The van der Waals surface area contributed by atoms with Crippen LogP contribution >= 0.6 is 23.4 Å². The van der Waals surface area contributed by atoms with Gasteiger partial charge < -0.3 is 9.88 Å². The van der Waals surface area contributed by atoms with Crippen molar-refractivity contribution in [3.05, 3.63) is 35.6 Å². The summed E-state index contributed by atoms with van der Waals surface area (Å²) in [6.45, 7) is 5.92. The number of hydrogen-bond acceptors (Lipinski definition) is 4. The maximum absolute atomic E-state index is 12.2. The molecule has 0 fully saturated rings. The Balaban J connectivity index is 2.03. The Kier molecular flexibility index (Phi) is 5.25. The number of thioether (sulfide) groups is 1. The number of anilines is 1. The highest BCUT2D eigenvalue weighted by Gasteiger charge is 2.19. The predicted molar refractivity (Wildman–Crippen MR) is 85.8 cm³/mol. The van der Waals surface area contributed by atoms with E-state index < -0.39 is 0 Å². The smallest absolute Gasteiger partial charge is 0.237 e. The molecule has 0 bridgehead atoms. The summed E-state index contributed by atoms with van der Waals surface area (Å²) >= 11 is 7.41. The van der Waals surface area contributed by atoms with Gasteiger partial charge in [0.1, 0.15) is 6.33 Å². The number of rotatable bonds is 5. The summed E-state index contributed by atoms with van der Waals surface area (Å²) in [5.74, 6) is -0.119. The summed E-state index contributed by atoms with van der Waals surface area (Å²) in [7, 11) is 0. The van der Waals surface area contributed by atoms with Crippen molar-refractivity contribution in [2.24, 2.45) is 0 Å². The van der Waals surface area contributed by atoms with Crippen molar-refractivity contribution in [1.82, 2.24) is 14.8 Å². The van der Waals surface area contributed by atoms with Crippen LogP contribution in [0.4, 0.5) is 5.69 Å². The molecule has 0 aliphatic rings. The molecule has 0 saturated carbocycles. The number of nitrogens with zero attached hydrogens (tertiary/aromatic N) is 3. The van der Waals surface area contributed by atoms with E-state index in [0.717, 1.165) is 5.16 Å². The van der Waals surface area contributed by atoms with Gasteiger partial charge >= 0.3 is 0 Å². The van der Waals surface area contributed by atoms with Gasteiger partial charge in [-0.2, -0.15) is 0 Å². The fraction of sp³-hybridized carbons (Fsp3) is 0.357. The summed E-state index contributed by atoms with van der Waals surface area (Å²) in [6.07, 6.45) is 1.67. The molecule has 21 heavy (non-hydrogen) atoms. The first kappa shape index (κ1) is 15.9. The standard InChI is InChI=1S/C14H17ClN4OS/c1-9(2)19-8-16-18-14(19)21-10(3)13(20)17-12-7-5-4-6-11(12)15/h4-10H,1-3H3,(H,17,20)/t10-/m0/s1. The van der Waals surface area contributed by atoms with Gasteiger partial charge in [0, 0.05) is 6.04 Å². The van der Waals surface area contributed by atoms with Crippen LogP contribution in [0.2, 0.25) is 5.02 Å². The van der Waals surface area contributed by atoms with Gasteiger partial charge in [-0.3, -0.25) is 4.79 Å². The second kappa shape index (κ2) is 6.95. The van der Waals surface area contributed by atoms with Gasteiger partial charge in [-0.1, -0.05) is 35.5 Å². The highest BCUT2D eigenvalue weighted by Crippen LogP contribution is 2.26. The molecule has 2 rings (SSSR count). The van der Waals surface area contributed by atoms with Gasteiger partial charge in [-0.05, 0) is 32.9 Å². The van der Waals surface area contributed by atoms with Crippen LogP contribution in [0.25, 0.3) is 0 Å². The summed E-state index contributed by atoms with van der Waals surface area (Å²) in [6, 6.07) is 7.41. The lowest BCUT2D eigenvalue weighted by Crippen LogP contribution is -2.23. The largest absolute Gasteiger partial charge is 0.324 e. The summed E-state index contributed by atoms with van der Waals surface area (Å²) in [5, 5.41) is 11.7. The SMILES string of the molecule is CC(C)n1cnnc1S[C@@H](C)C(=O)Nc1ccccc1Cl. The first-order valence-corrected chi connectivity index (χ1v) is 7.86. The van der Waals surface area contributed by atoms with E-state index in [1.165, 1.54) is 11.8 Å². The number of carbonyl (C=O) groups excluding carboxylic acids is 1. The van der Waals surface area contributed by atoms with Gasteiger partial charge in [-0.25, -0.2) is 0 Å². The van der Waals surface area contributed by atoms with Gasteiger partial charge in [0.15, 0.2) is 5.16 Å². The summed E-state index contributed by atoms with van der Waals surface area (Å²) in [5.41, 5.74) is 0.613. The van der Waals surface area contributed by atoms with E-state index in [2.05, 4.69) is 15.5 Å². The minimum atomic E-state index is -0.303. The lowest BCUT2D eigenvalue weighted by molar-refractivity contribution is -0.115. The van der Waals surface area contributed by atoms with Crippen molar-refractivity contribution in [3.63, 3.8) is 0 Å². The van der Waals surface area contributed by atoms with Crippen LogP contribution < -0.4 is 5.32 Å². The minimum Gasteiger partial charge on any atom is -0.324 e. The highest BCUT2D eigenvalue weighted by molar-refractivity contribution is 8.00. The third-order valence-corrected chi connectivity index (χ3v) is 4.28. The van der Waals surface area contributed by atoms with Crippen LogP contribution in [0, 0.1) is 0 Å². The molecule has 0 aliphatic carbocycles. The summed E-state index contributed by atoms with van der Waals surface area (Å²) in [4.78, 5) is 12.2. The van der Waals surface area contributed by atoms with E-state index in [0.29, 0.717) is 10.7 Å². The van der Waals surface area contributed by atoms with Crippen LogP contribution in [0.3, 0.4) is 0 Å². The lowest BCUT2D eigenvalue weighted by Gasteiger charge is -2.14. The zero-order valence-corrected chi connectivity index (χ0v) is 13.6. The van der Waals surface area contributed by atoms with Crippen LogP contribution in [0.5, 0.6) is 0 Å².